The lowest BCUT2D eigenvalue weighted by atomic mass is 10.3. The Labute approximate surface area is 114 Å². The van der Waals surface area contributed by atoms with Crippen LogP contribution >= 0.6 is 0 Å². The van der Waals surface area contributed by atoms with Gasteiger partial charge in [0, 0.05) is 12.4 Å². The van der Waals surface area contributed by atoms with Crippen LogP contribution in [0.25, 0.3) is 0 Å². The second kappa shape index (κ2) is 5.75. The topological polar surface area (TPSA) is 47.4 Å². The Bertz CT molecular complexity index is 564. The quantitative estimate of drug-likeness (QED) is 0.632. The van der Waals surface area contributed by atoms with Crippen LogP contribution in [-0.2, 0) is 0 Å². The largest absolute Gasteiger partial charge is 0.543 e. The Morgan fingerprint density at radius 1 is 1.16 bits per heavy atom. The summed E-state index contributed by atoms with van der Waals surface area (Å²) in [7, 11) is -1.64. The van der Waals surface area contributed by atoms with Crippen molar-refractivity contribution < 1.29 is 4.43 Å². The van der Waals surface area contributed by atoms with Crippen molar-refractivity contribution in [2.45, 2.75) is 19.6 Å². The van der Waals surface area contributed by atoms with Gasteiger partial charge in [-0.1, -0.05) is 12.1 Å². The number of aromatic nitrogens is 2. The summed E-state index contributed by atoms with van der Waals surface area (Å²) in [5.41, 5.74) is 1.54. The summed E-state index contributed by atoms with van der Waals surface area (Å²) in [4.78, 5) is 12.6. The van der Waals surface area contributed by atoms with Gasteiger partial charge in [-0.15, -0.1) is 0 Å². The standard InChI is InChI=1S/C14H17N3OSi/c1-19(2,3)18-14-7-5-4-6-13(14)17-11-12-10-15-8-9-16-12/h4-11H,1-3H3/b17-11+. The van der Waals surface area contributed by atoms with Crippen molar-refractivity contribution in [3.63, 3.8) is 0 Å². The summed E-state index contributed by atoms with van der Waals surface area (Å²) in [6, 6.07) is 7.78. The van der Waals surface area contributed by atoms with E-state index in [1.165, 1.54) is 0 Å². The molecule has 0 radical (unpaired) electrons. The highest BCUT2D eigenvalue weighted by molar-refractivity contribution is 6.70. The zero-order valence-electron chi connectivity index (χ0n) is 11.4. The molecule has 2 aromatic rings. The molecule has 5 heteroatoms. The first-order valence-electron chi connectivity index (χ1n) is 6.13. The Kier molecular flexibility index (Phi) is 4.06. The average Bonchev–Trinajstić information content (AvgIpc) is 2.37. The Hall–Kier alpha value is -2.01. The van der Waals surface area contributed by atoms with Crippen LogP contribution in [0.3, 0.4) is 0 Å². The van der Waals surface area contributed by atoms with Crippen LogP contribution in [0, 0.1) is 0 Å². The van der Waals surface area contributed by atoms with Crippen LogP contribution in [-0.4, -0.2) is 24.5 Å². The van der Waals surface area contributed by atoms with Crippen LogP contribution in [0.2, 0.25) is 19.6 Å². The minimum absolute atomic E-state index is 0.727. The number of hydrogen-bond acceptors (Lipinski definition) is 4. The number of hydrogen-bond donors (Lipinski definition) is 0. The van der Waals surface area contributed by atoms with Crippen LogP contribution in [0.1, 0.15) is 5.69 Å². The molecule has 0 saturated heterocycles. The van der Waals surface area contributed by atoms with Gasteiger partial charge in [-0.05, 0) is 31.8 Å². The highest BCUT2D eigenvalue weighted by atomic mass is 28.4. The zero-order chi connectivity index (χ0) is 13.7. The second-order valence-electron chi connectivity index (χ2n) is 5.07. The van der Waals surface area contributed by atoms with Crippen LogP contribution < -0.4 is 4.43 Å². The van der Waals surface area contributed by atoms with Crippen molar-refractivity contribution in [3.8, 4) is 5.75 Å². The lowest BCUT2D eigenvalue weighted by molar-refractivity contribution is 0.559. The minimum atomic E-state index is -1.64. The molecule has 0 unspecified atom stereocenters. The molecule has 0 saturated carbocycles. The Morgan fingerprint density at radius 3 is 2.63 bits per heavy atom. The third-order valence-electron chi connectivity index (χ3n) is 2.20. The molecule has 0 atom stereocenters. The SMILES string of the molecule is C[Si](C)(C)Oc1ccccc1/N=C/c1cnccn1. The fourth-order valence-electron chi connectivity index (χ4n) is 1.49. The van der Waals surface area contributed by atoms with Crippen LogP contribution in [0.15, 0.2) is 47.8 Å². The van der Waals surface area contributed by atoms with E-state index < -0.39 is 8.32 Å². The Morgan fingerprint density at radius 2 is 1.95 bits per heavy atom. The fourth-order valence-corrected chi connectivity index (χ4v) is 2.33. The highest BCUT2D eigenvalue weighted by Gasteiger charge is 2.17. The molecule has 98 valence electrons. The van der Waals surface area contributed by atoms with Crippen molar-refractivity contribution in [3.05, 3.63) is 48.5 Å². The molecule has 0 aliphatic carbocycles. The third kappa shape index (κ3) is 4.29. The maximum Gasteiger partial charge on any atom is 0.242 e. The van der Waals surface area contributed by atoms with E-state index in [1.807, 2.05) is 24.3 Å². The molecular weight excluding hydrogens is 254 g/mol. The predicted octanol–water partition coefficient (Wildman–Crippen LogP) is 3.44. The van der Waals surface area contributed by atoms with Crippen molar-refractivity contribution >= 4 is 20.2 Å². The number of nitrogens with zero attached hydrogens (tertiary/aromatic N) is 3. The number of para-hydroxylation sites is 2. The highest BCUT2D eigenvalue weighted by Crippen LogP contribution is 2.28. The molecule has 0 N–H and O–H groups in total. The van der Waals surface area contributed by atoms with Gasteiger partial charge >= 0.3 is 0 Å². The lowest BCUT2D eigenvalue weighted by Crippen LogP contribution is -2.29. The monoisotopic (exact) mass is 271 g/mol. The summed E-state index contributed by atoms with van der Waals surface area (Å²) in [6.07, 6.45) is 6.65. The molecule has 19 heavy (non-hydrogen) atoms. The maximum atomic E-state index is 6.01. The van der Waals surface area contributed by atoms with E-state index in [9.17, 15) is 0 Å². The molecule has 0 spiro atoms. The third-order valence-corrected chi connectivity index (χ3v) is 3.03. The van der Waals surface area contributed by atoms with Gasteiger partial charge in [-0.3, -0.25) is 15.0 Å². The summed E-state index contributed by atoms with van der Waals surface area (Å²) in [5.74, 6) is 0.821. The van der Waals surface area contributed by atoms with E-state index in [0.717, 1.165) is 17.1 Å². The fraction of sp³-hybridized carbons (Fsp3) is 0.214. The van der Waals surface area contributed by atoms with Gasteiger partial charge in [0.1, 0.15) is 11.4 Å². The van der Waals surface area contributed by atoms with Gasteiger partial charge in [0.15, 0.2) is 0 Å². The van der Waals surface area contributed by atoms with Crippen LogP contribution in [0.4, 0.5) is 5.69 Å². The van der Waals surface area contributed by atoms with Crippen molar-refractivity contribution in [1.82, 2.24) is 9.97 Å². The Balaban J connectivity index is 2.23. The number of aliphatic imine (C=N–C) groups is 1. The smallest absolute Gasteiger partial charge is 0.242 e. The summed E-state index contributed by atoms with van der Waals surface area (Å²) in [5, 5.41) is 0. The number of rotatable bonds is 4. The van der Waals surface area contributed by atoms with Crippen LogP contribution in [0.5, 0.6) is 5.75 Å². The lowest BCUT2D eigenvalue weighted by Gasteiger charge is -2.20. The van der Waals surface area contributed by atoms with Gasteiger partial charge in [-0.25, -0.2) is 0 Å². The molecule has 0 aliphatic rings. The van der Waals surface area contributed by atoms with Gasteiger partial charge in [0.2, 0.25) is 8.32 Å². The minimum Gasteiger partial charge on any atom is -0.543 e. The molecule has 1 aromatic heterocycles. The first-order valence-corrected chi connectivity index (χ1v) is 9.53. The molecule has 0 amide bonds. The molecular formula is C14H17N3OSi. The maximum absolute atomic E-state index is 6.01. The van der Waals surface area contributed by atoms with Crippen molar-refractivity contribution in [2.24, 2.45) is 4.99 Å². The summed E-state index contributed by atoms with van der Waals surface area (Å²) in [6.45, 7) is 6.45. The van der Waals surface area contributed by atoms with E-state index in [2.05, 4.69) is 34.6 Å². The summed E-state index contributed by atoms with van der Waals surface area (Å²) >= 11 is 0. The first-order chi connectivity index (χ1) is 9.04. The van der Waals surface area contributed by atoms with Crippen molar-refractivity contribution in [2.75, 3.05) is 0 Å². The van der Waals surface area contributed by atoms with Gasteiger partial charge in [0.25, 0.3) is 0 Å². The molecule has 1 aromatic carbocycles. The second-order valence-corrected chi connectivity index (χ2v) is 9.50. The van der Waals surface area contributed by atoms with Crippen molar-refractivity contribution in [1.29, 1.82) is 0 Å². The number of benzene rings is 1. The normalized spacial score (nSPS) is 11.7. The van der Waals surface area contributed by atoms with Gasteiger partial charge in [0.05, 0.1) is 18.1 Å². The molecule has 0 bridgehead atoms. The van der Waals surface area contributed by atoms with E-state index in [-0.39, 0.29) is 0 Å². The zero-order valence-corrected chi connectivity index (χ0v) is 12.4. The van der Waals surface area contributed by atoms with E-state index in [1.54, 1.807) is 24.8 Å². The van der Waals surface area contributed by atoms with E-state index in [4.69, 9.17) is 4.43 Å². The molecule has 1 heterocycles. The molecule has 4 nitrogen and oxygen atoms in total. The van der Waals surface area contributed by atoms with Gasteiger partial charge in [-0.2, -0.15) is 0 Å². The molecule has 0 aliphatic heterocycles. The predicted molar refractivity (Wildman–Crippen MR) is 79.7 cm³/mol. The van der Waals surface area contributed by atoms with E-state index in [0.29, 0.717) is 0 Å². The van der Waals surface area contributed by atoms with Gasteiger partial charge < -0.3 is 4.43 Å². The molecule has 0 fully saturated rings. The summed E-state index contributed by atoms with van der Waals surface area (Å²) < 4.78 is 6.01. The molecule has 2 rings (SSSR count). The van der Waals surface area contributed by atoms with E-state index >= 15 is 0 Å². The first kappa shape index (κ1) is 13.4. The average molecular weight is 271 g/mol.